The van der Waals surface area contributed by atoms with E-state index in [4.69, 9.17) is 0 Å². The van der Waals surface area contributed by atoms with Crippen molar-refractivity contribution in [3.63, 3.8) is 0 Å². The lowest BCUT2D eigenvalue weighted by atomic mass is 10.0. The van der Waals surface area contributed by atoms with Crippen LogP contribution in [-0.4, -0.2) is 48.7 Å². The Morgan fingerprint density at radius 1 is 0.938 bits per heavy atom. The predicted octanol–water partition coefficient (Wildman–Crippen LogP) is 3.57. The van der Waals surface area contributed by atoms with E-state index in [9.17, 15) is 19.8 Å². The van der Waals surface area contributed by atoms with E-state index in [1.807, 2.05) is 31.2 Å². The number of phenolic OH excluding ortho intramolecular Hbond substituents is 2. The zero-order chi connectivity index (χ0) is 22.8. The molecule has 0 saturated carbocycles. The van der Waals surface area contributed by atoms with Crippen LogP contribution in [0.15, 0.2) is 73.2 Å². The van der Waals surface area contributed by atoms with Crippen molar-refractivity contribution in [2.45, 2.75) is 6.92 Å². The molecule has 160 valence electrons. The molecule has 0 spiro atoms. The average molecular weight is 428 g/mol. The summed E-state index contributed by atoms with van der Waals surface area (Å²) in [6.07, 6.45) is 4.46. The van der Waals surface area contributed by atoms with Gasteiger partial charge in [-0.05, 0) is 42.8 Å². The Labute approximate surface area is 184 Å². The van der Waals surface area contributed by atoms with E-state index in [1.165, 1.54) is 25.5 Å². The topological polar surface area (TPSA) is 109 Å². The fourth-order valence-electron chi connectivity index (χ4n) is 3.41. The lowest BCUT2D eigenvalue weighted by Crippen LogP contribution is -2.33. The van der Waals surface area contributed by atoms with Crippen LogP contribution in [0.4, 0.5) is 0 Å². The number of carbonyl (C=O) groups excluding carboxylic acids is 2. The van der Waals surface area contributed by atoms with Crippen molar-refractivity contribution in [3.8, 4) is 28.4 Å². The van der Waals surface area contributed by atoms with Gasteiger partial charge in [0, 0.05) is 31.1 Å². The summed E-state index contributed by atoms with van der Waals surface area (Å²) in [5.41, 5.74) is 2.68. The molecule has 0 radical (unpaired) electrons. The molecule has 0 unspecified atom stereocenters. The Hall–Kier alpha value is -4.46. The van der Waals surface area contributed by atoms with E-state index < -0.39 is 17.6 Å². The van der Waals surface area contributed by atoms with E-state index in [2.05, 4.69) is 10.1 Å². The molecule has 2 amide bonds. The Kier molecular flexibility index (Phi) is 5.43. The van der Waals surface area contributed by atoms with Gasteiger partial charge in [-0.3, -0.25) is 19.5 Å². The van der Waals surface area contributed by atoms with Crippen LogP contribution < -0.4 is 0 Å². The number of pyridine rings is 1. The highest BCUT2D eigenvalue weighted by atomic mass is 16.3. The fourth-order valence-corrected chi connectivity index (χ4v) is 3.41. The quantitative estimate of drug-likeness (QED) is 0.481. The summed E-state index contributed by atoms with van der Waals surface area (Å²) < 4.78 is 1.64. The number of imide groups is 1. The van der Waals surface area contributed by atoms with Crippen molar-refractivity contribution in [1.29, 1.82) is 0 Å². The molecular formula is C24H20N4O4. The molecule has 2 aromatic heterocycles. The zero-order valence-electron chi connectivity index (χ0n) is 17.4. The molecule has 4 rings (SSSR count). The van der Waals surface area contributed by atoms with Crippen molar-refractivity contribution < 1.29 is 19.8 Å². The van der Waals surface area contributed by atoms with Crippen LogP contribution in [0.5, 0.6) is 11.5 Å². The normalized spacial score (nSPS) is 10.7. The van der Waals surface area contributed by atoms with E-state index in [1.54, 1.807) is 29.1 Å². The molecule has 0 aliphatic carbocycles. The lowest BCUT2D eigenvalue weighted by molar-refractivity contribution is 0.0654. The maximum atomic E-state index is 13.0. The number of aryl methyl sites for hydroxylation is 1. The van der Waals surface area contributed by atoms with Crippen molar-refractivity contribution in [3.05, 3.63) is 89.9 Å². The smallest absolute Gasteiger partial charge is 0.264 e. The number of amides is 2. The number of aromatic hydroxyl groups is 2. The maximum absolute atomic E-state index is 13.0. The van der Waals surface area contributed by atoms with Crippen molar-refractivity contribution in [1.82, 2.24) is 19.7 Å². The highest BCUT2D eigenvalue weighted by Crippen LogP contribution is 2.36. The first-order valence-corrected chi connectivity index (χ1v) is 9.77. The second-order valence-electron chi connectivity index (χ2n) is 7.21. The third-order valence-corrected chi connectivity index (χ3v) is 5.12. The van der Waals surface area contributed by atoms with Gasteiger partial charge in [0.25, 0.3) is 11.8 Å². The van der Waals surface area contributed by atoms with Crippen molar-refractivity contribution in [2.24, 2.45) is 0 Å². The monoisotopic (exact) mass is 428 g/mol. The van der Waals surface area contributed by atoms with Crippen LogP contribution >= 0.6 is 0 Å². The summed E-state index contributed by atoms with van der Waals surface area (Å²) in [6, 6.07) is 14.9. The number of aromatic nitrogens is 3. The molecule has 2 N–H and O–H groups in total. The molecule has 0 fully saturated rings. The first kappa shape index (κ1) is 20.8. The van der Waals surface area contributed by atoms with Crippen molar-refractivity contribution in [2.75, 3.05) is 7.05 Å². The standard InChI is InChI=1S/C24H20N4O4/c1-15-6-3-4-8-19(15)28-20(9-11-26-28)17-12-18(22(30)13-21(17)29)24(32)27(2)23(31)16-7-5-10-25-14-16/h3-14,29-30H,1-2H3. The van der Waals surface area contributed by atoms with Crippen LogP contribution in [0, 0.1) is 6.92 Å². The number of hydrogen-bond donors (Lipinski definition) is 2. The van der Waals surface area contributed by atoms with Crippen LogP contribution in [-0.2, 0) is 0 Å². The number of carbonyl (C=O) groups is 2. The zero-order valence-corrected chi connectivity index (χ0v) is 17.4. The minimum absolute atomic E-state index is 0.130. The first-order valence-electron chi connectivity index (χ1n) is 9.77. The van der Waals surface area contributed by atoms with Gasteiger partial charge < -0.3 is 10.2 Å². The van der Waals surface area contributed by atoms with E-state index in [0.29, 0.717) is 5.69 Å². The van der Waals surface area contributed by atoms with Crippen molar-refractivity contribution >= 4 is 11.8 Å². The van der Waals surface area contributed by atoms with Gasteiger partial charge in [-0.1, -0.05) is 18.2 Å². The fraction of sp³-hybridized carbons (Fsp3) is 0.0833. The lowest BCUT2D eigenvalue weighted by Gasteiger charge is -2.18. The summed E-state index contributed by atoms with van der Waals surface area (Å²) in [4.78, 5) is 30.5. The highest BCUT2D eigenvalue weighted by molar-refractivity contribution is 6.11. The van der Waals surface area contributed by atoms with Crippen LogP contribution in [0.25, 0.3) is 16.9 Å². The Bertz CT molecular complexity index is 1310. The number of rotatable bonds is 4. The molecule has 2 heterocycles. The Morgan fingerprint density at radius 3 is 2.44 bits per heavy atom. The van der Waals surface area contributed by atoms with Gasteiger partial charge in [0.1, 0.15) is 11.5 Å². The summed E-state index contributed by atoms with van der Waals surface area (Å²) in [6.45, 7) is 1.94. The van der Waals surface area contributed by atoms with Gasteiger partial charge in [-0.2, -0.15) is 5.10 Å². The molecule has 2 aromatic carbocycles. The second-order valence-corrected chi connectivity index (χ2v) is 7.21. The highest BCUT2D eigenvalue weighted by Gasteiger charge is 2.25. The Morgan fingerprint density at radius 2 is 1.72 bits per heavy atom. The van der Waals surface area contributed by atoms with Gasteiger partial charge in [0.2, 0.25) is 0 Å². The third-order valence-electron chi connectivity index (χ3n) is 5.12. The minimum Gasteiger partial charge on any atom is -0.507 e. The molecular weight excluding hydrogens is 408 g/mol. The number of benzene rings is 2. The number of phenols is 2. The third kappa shape index (κ3) is 3.69. The second kappa shape index (κ2) is 8.35. The first-order chi connectivity index (χ1) is 15.4. The van der Waals surface area contributed by atoms with Gasteiger partial charge in [0.05, 0.1) is 28.7 Å². The van der Waals surface area contributed by atoms with E-state index in [0.717, 1.165) is 22.2 Å². The summed E-state index contributed by atoms with van der Waals surface area (Å²) in [5, 5.41) is 25.2. The predicted molar refractivity (Wildman–Crippen MR) is 118 cm³/mol. The van der Waals surface area contributed by atoms with Gasteiger partial charge >= 0.3 is 0 Å². The van der Waals surface area contributed by atoms with E-state index >= 15 is 0 Å². The summed E-state index contributed by atoms with van der Waals surface area (Å²) >= 11 is 0. The number of para-hydroxylation sites is 1. The summed E-state index contributed by atoms with van der Waals surface area (Å²) in [7, 11) is 1.32. The SMILES string of the molecule is Cc1ccccc1-n1nccc1-c1cc(C(=O)N(C)C(=O)c2cccnc2)c(O)cc1O. The number of nitrogens with zero attached hydrogens (tertiary/aromatic N) is 4. The molecule has 4 aromatic rings. The van der Waals surface area contributed by atoms with Gasteiger partial charge in [-0.15, -0.1) is 0 Å². The van der Waals surface area contributed by atoms with Gasteiger partial charge in [0.15, 0.2) is 0 Å². The average Bonchev–Trinajstić information content (AvgIpc) is 3.28. The molecule has 8 heteroatoms. The largest absolute Gasteiger partial charge is 0.507 e. The molecule has 0 saturated heterocycles. The van der Waals surface area contributed by atoms with Crippen LogP contribution in [0.3, 0.4) is 0 Å². The molecule has 0 aliphatic rings. The molecule has 0 aliphatic heterocycles. The van der Waals surface area contributed by atoms with Crippen LogP contribution in [0.1, 0.15) is 26.3 Å². The maximum Gasteiger partial charge on any atom is 0.264 e. The van der Waals surface area contributed by atoms with Crippen LogP contribution in [0.2, 0.25) is 0 Å². The summed E-state index contributed by atoms with van der Waals surface area (Å²) in [5.74, 6) is -1.96. The molecule has 32 heavy (non-hydrogen) atoms. The minimum atomic E-state index is -0.723. The Balaban J connectivity index is 1.76. The number of hydrogen-bond acceptors (Lipinski definition) is 6. The van der Waals surface area contributed by atoms with Gasteiger partial charge in [-0.25, -0.2) is 4.68 Å². The molecule has 0 bridgehead atoms. The van der Waals surface area contributed by atoms with E-state index in [-0.39, 0.29) is 22.4 Å². The molecule has 0 atom stereocenters. The molecule has 8 nitrogen and oxygen atoms in total.